The number of rotatable bonds is 3. The van der Waals surface area contributed by atoms with E-state index in [1.54, 1.807) is 12.1 Å². The molecule has 2 nitrogen and oxygen atoms in total. The molecule has 1 aliphatic heterocycles. The molecule has 0 aromatic heterocycles. The van der Waals surface area contributed by atoms with E-state index in [0.717, 1.165) is 0 Å². The van der Waals surface area contributed by atoms with E-state index >= 15 is 0 Å². The number of Topliss-reactive ketones (excluding diaryl/α,β-unsaturated/α-hetero) is 1. The van der Waals surface area contributed by atoms with Gasteiger partial charge < -0.3 is 4.74 Å². The summed E-state index contributed by atoms with van der Waals surface area (Å²) in [6.45, 7) is 5.97. The molecule has 2 rings (SSSR count). The topological polar surface area (TPSA) is 26.3 Å². The summed E-state index contributed by atoms with van der Waals surface area (Å²) in [6.07, 6.45) is 0.276. The number of hydrogen-bond acceptors (Lipinski definition) is 2. The van der Waals surface area contributed by atoms with Gasteiger partial charge in [0.2, 0.25) is 0 Å². The van der Waals surface area contributed by atoms with E-state index < -0.39 is 0 Å². The summed E-state index contributed by atoms with van der Waals surface area (Å²) < 4.78 is 19.5. The van der Waals surface area contributed by atoms with E-state index in [0.29, 0.717) is 10.0 Å². The first-order valence-electron chi connectivity index (χ1n) is 6.53. The number of benzene rings is 1. The molecule has 0 spiro atoms. The van der Waals surface area contributed by atoms with Crippen LogP contribution in [-0.4, -0.2) is 18.0 Å². The molecule has 4 unspecified atom stereocenters. The smallest absolute Gasteiger partial charge is 0.143 e. The summed E-state index contributed by atoms with van der Waals surface area (Å²) in [7, 11) is 0. The zero-order valence-electron chi connectivity index (χ0n) is 11.3. The third-order valence-electron chi connectivity index (χ3n) is 4.01. The Hall–Kier alpha value is -0.740. The summed E-state index contributed by atoms with van der Waals surface area (Å²) in [4.78, 5) is 12.4. The molecule has 104 valence electrons. The maximum atomic E-state index is 13.4. The molecule has 0 bridgehead atoms. The van der Waals surface area contributed by atoms with Crippen LogP contribution in [0.25, 0.3) is 0 Å². The van der Waals surface area contributed by atoms with Crippen molar-refractivity contribution in [2.24, 2.45) is 11.8 Å². The highest BCUT2D eigenvalue weighted by Gasteiger charge is 2.41. The van der Waals surface area contributed by atoms with Crippen LogP contribution in [0.3, 0.4) is 0 Å². The first kappa shape index (κ1) is 14.7. The molecule has 1 saturated heterocycles. The molecule has 4 atom stereocenters. The summed E-state index contributed by atoms with van der Waals surface area (Å²) in [5.41, 5.74) is 0.698. The van der Waals surface area contributed by atoms with Crippen molar-refractivity contribution in [2.45, 2.75) is 39.4 Å². The average Bonchev–Trinajstić information content (AvgIpc) is 2.59. The molecule has 0 radical (unpaired) electrons. The second kappa shape index (κ2) is 5.71. The van der Waals surface area contributed by atoms with E-state index in [1.165, 1.54) is 6.07 Å². The lowest BCUT2D eigenvalue weighted by Gasteiger charge is -2.17. The van der Waals surface area contributed by atoms with Gasteiger partial charge in [0.05, 0.1) is 16.7 Å². The molecule has 1 aromatic rings. The molecule has 1 heterocycles. The lowest BCUT2D eigenvalue weighted by molar-refractivity contribution is -0.124. The van der Waals surface area contributed by atoms with E-state index in [4.69, 9.17) is 4.74 Å². The normalized spacial score (nSPS) is 30.6. The van der Waals surface area contributed by atoms with Crippen LogP contribution in [0.5, 0.6) is 0 Å². The van der Waals surface area contributed by atoms with Crippen LogP contribution in [-0.2, 0) is 16.0 Å². The Morgan fingerprint density at radius 2 is 2.00 bits per heavy atom. The molecule has 0 saturated carbocycles. The van der Waals surface area contributed by atoms with Gasteiger partial charge >= 0.3 is 0 Å². The van der Waals surface area contributed by atoms with Crippen molar-refractivity contribution in [1.82, 2.24) is 0 Å². The van der Waals surface area contributed by atoms with Gasteiger partial charge in [-0.15, -0.1) is 0 Å². The lowest BCUT2D eigenvalue weighted by Crippen LogP contribution is -2.28. The minimum Gasteiger partial charge on any atom is -0.375 e. The standard InChI is InChI=1S/C15H18BrFO2/c1-8-9(2)19-10(3)14(8)13(18)7-11-5-4-6-12(17)15(11)16/h4-6,8-10,14H,7H2,1-3H3. The van der Waals surface area contributed by atoms with Crippen molar-refractivity contribution < 1.29 is 13.9 Å². The van der Waals surface area contributed by atoms with Gasteiger partial charge in [-0.3, -0.25) is 4.79 Å². The Balaban J connectivity index is 2.15. The first-order valence-corrected chi connectivity index (χ1v) is 7.32. The lowest BCUT2D eigenvalue weighted by atomic mass is 9.84. The molecule has 1 aliphatic rings. The van der Waals surface area contributed by atoms with Crippen molar-refractivity contribution in [3.8, 4) is 0 Å². The summed E-state index contributed by atoms with van der Waals surface area (Å²) >= 11 is 3.20. The van der Waals surface area contributed by atoms with Crippen molar-refractivity contribution in [2.75, 3.05) is 0 Å². The summed E-state index contributed by atoms with van der Waals surface area (Å²) in [6, 6.07) is 4.78. The minimum absolute atomic E-state index is 0.0650. The fourth-order valence-electron chi connectivity index (χ4n) is 2.81. The maximum absolute atomic E-state index is 13.4. The molecule has 1 aromatic carbocycles. The second-order valence-corrected chi connectivity index (χ2v) is 6.08. The van der Waals surface area contributed by atoms with Crippen LogP contribution >= 0.6 is 15.9 Å². The molecule has 1 fully saturated rings. The SMILES string of the molecule is CC1OC(C)C(C(=O)Cc2cccc(F)c2Br)C1C. The predicted octanol–water partition coefficient (Wildman–Crippen LogP) is 3.76. The molecule has 0 aliphatic carbocycles. The highest BCUT2D eigenvalue weighted by atomic mass is 79.9. The first-order chi connectivity index (χ1) is 8.91. The van der Waals surface area contributed by atoms with Gasteiger partial charge in [0.15, 0.2) is 0 Å². The molecule has 4 heteroatoms. The third kappa shape index (κ3) is 2.90. The Kier molecular flexibility index (Phi) is 4.41. The second-order valence-electron chi connectivity index (χ2n) is 5.29. The van der Waals surface area contributed by atoms with Gasteiger partial charge in [-0.2, -0.15) is 0 Å². The monoisotopic (exact) mass is 328 g/mol. The minimum atomic E-state index is -0.331. The van der Waals surface area contributed by atoms with Crippen molar-refractivity contribution >= 4 is 21.7 Å². The molecular formula is C15H18BrFO2. The quantitative estimate of drug-likeness (QED) is 0.844. The Labute approximate surface area is 121 Å². The van der Waals surface area contributed by atoms with E-state index in [9.17, 15) is 9.18 Å². The van der Waals surface area contributed by atoms with Crippen LogP contribution in [0.15, 0.2) is 22.7 Å². The van der Waals surface area contributed by atoms with Crippen LogP contribution in [0, 0.1) is 17.7 Å². The van der Waals surface area contributed by atoms with E-state index in [2.05, 4.69) is 15.9 Å². The number of carbonyl (C=O) groups excluding carboxylic acids is 1. The largest absolute Gasteiger partial charge is 0.375 e. The zero-order valence-corrected chi connectivity index (χ0v) is 12.9. The van der Waals surface area contributed by atoms with Crippen LogP contribution in [0.4, 0.5) is 4.39 Å². The van der Waals surface area contributed by atoms with Crippen molar-refractivity contribution in [1.29, 1.82) is 0 Å². The number of ketones is 1. The van der Waals surface area contributed by atoms with Crippen LogP contribution in [0.1, 0.15) is 26.3 Å². The Bertz CT molecular complexity index is 489. The van der Waals surface area contributed by atoms with Crippen LogP contribution < -0.4 is 0 Å². The summed E-state index contributed by atoms with van der Waals surface area (Å²) in [5, 5.41) is 0. The number of carbonyl (C=O) groups is 1. The molecule has 0 N–H and O–H groups in total. The molecular weight excluding hydrogens is 311 g/mol. The molecule has 19 heavy (non-hydrogen) atoms. The van der Waals surface area contributed by atoms with E-state index in [1.807, 2.05) is 20.8 Å². The van der Waals surface area contributed by atoms with Gasteiger partial charge in [-0.1, -0.05) is 19.1 Å². The Morgan fingerprint density at radius 1 is 1.32 bits per heavy atom. The number of hydrogen-bond donors (Lipinski definition) is 0. The van der Waals surface area contributed by atoms with Gasteiger partial charge in [-0.25, -0.2) is 4.39 Å². The number of halogens is 2. The van der Waals surface area contributed by atoms with Crippen molar-refractivity contribution in [3.63, 3.8) is 0 Å². The zero-order chi connectivity index (χ0) is 14.2. The highest BCUT2D eigenvalue weighted by molar-refractivity contribution is 9.10. The average molecular weight is 329 g/mol. The maximum Gasteiger partial charge on any atom is 0.143 e. The van der Waals surface area contributed by atoms with Gasteiger partial charge in [0.1, 0.15) is 11.6 Å². The fraction of sp³-hybridized carbons (Fsp3) is 0.533. The van der Waals surface area contributed by atoms with E-state index in [-0.39, 0.29) is 42.1 Å². The third-order valence-corrected chi connectivity index (χ3v) is 4.90. The summed E-state index contributed by atoms with van der Waals surface area (Å²) in [5.74, 6) is -0.113. The highest BCUT2D eigenvalue weighted by Crippen LogP contribution is 2.34. The molecule has 0 amide bonds. The fourth-order valence-corrected chi connectivity index (χ4v) is 3.22. The predicted molar refractivity (Wildman–Crippen MR) is 75.5 cm³/mol. The van der Waals surface area contributed by atoms with Crippen molar-refractivity contribution in [3.05, 3.63) is 34.1 Å². The van der Waals surface area contributed by atoms with Crippen LogP contribution in [0.2, 0.25) is 0 Å². The number of ether oxygens (including phenoxy) is 1. The van der Waals surface area contributed by atoms with Gasteiger partial charge in [0.25, 0.3) is 0 Å². The Morgan fingerprint density at radius 3 is 2.58 bits per heavy atom. The van der Waals surface area contributed by atoms with Gasteiger partial charge in [-0.05, 0) is 47.3 Å². The van der Waals surface area contributed by atoms with Gasteiger partial charge in [0, 0.05) is 12.3 Å².